The number of aryl methyl sites for hydroxylation is 3. The van der Waals surface area contributed by atoms with E-state index in [1.807, 2.05) is 6.20 Å². The summed E-state index contributed by atoms with van der Waals surface area (Å²) >= 11 is 0. The van der Waals surface area contributed by atoms with Gasteiger partial charge in [0.05, 0.1) is 0 Å². The van der Waals surface area contributed by atoms with Gasteiger partial charge in [0.25, 0.3) is 0 Å². The summed E-state index contributed by atoms with van der Waals surface area (Å²) in [5.74, 6) is 0. The molecular weight excluding hydrogens is 280 g/mol. The SMILES string of the molecule is Cc1cc(C(C)(C)CCc2cc(C(C)(C)C)ccn2)cc(C)n1. The molecule has 0 saturated carbocycles. The van der Waals surface area contributed by atoms with Crippen LogP contribution in [0.15, 0.2) is 30.5 Å². The number of aromatic nitrogens is 2. The van der Waals surface area contributed by atoms with Crippen molar-refractivity contribution in [2.75, 3.05) is 0 Å². The Kier molecular flexibility index (Phi) is 4.93. The van der Waals surface area contributed by atoms with Crippen LogP contribution in [0.5, 0.6) is 0 Å². The van der Waals surface area contributed by atoms with E-state index in [1.54, 1.807) is 0 Å². The van der Waals surface area contributed by atoms with Crippen molar-refractivity contribution in [2.24, 2.45) is 0 Å². The Hall–Kier alpha value is -1.70. The van der Waals surface area contributed by atoms with Crippen molar-refractivity contribution in [1.29, 1.82) is 0 Å². The molecule has 0 radical (unpaired) electrons. The topological polar surface area (TPSA) is 25.8 Å². The molecule has 0 aromatic carbocycles. The van der Waals surface area contributed by atoms with E-state index in [2.05, 4.69) is 82.7 Å². The van der Waals surface area contributed by atoms with Gasteiger partial charge in [-0.25, -0.2) is 0 Å². The van der Waals surface area contributed by atoms with Crippen molar-refractivity contribution >= 4 is 0 Å². The summed E-state index contributed by atoms with van der Waals surface area (Å²) < 4.78 is 0. The molecule has 0 spiro atoms. The zero-order chi connectivity index (χ0) is 17.3. The summed E-state index contributed by atoms with van der Waals surface area (Å²) in [5, 5.41) is 0. The normalized spacial score (nSPS) is 12.5. The third-order valence-electron chi connectivity index (χ3n) is 4.55. The zero-order valence-electron chi connectivity index (χ0n) is 15.7. The monoisotopic (exact) mass is 310 g/mol. The predicted octanol–water partition coefficient (Wildman–Crippen LogP) is 5.30. The van der Waals surface area contributed by atoms with Crippen LogP contribution in [0.3, 0.4) is 0 Å². The lowest BCUT2D eigenvalue weighted by Gasteiger charge is -2.26. The molecule has 0 fully saturated rings. The fourth-order valence-electron chi connectivity index (χ4n) is 2.89. The van der Waals surface area contributed by atoms with Gasteiger partial charge >= 0.3 is 0 Å². The Morgan fingerprint density at radius 3 is 2.04 bits per heavy atom. The molecule has 0 aliphatic carbocycles. The van der Waals surface area contributed by atoms with E-state index in [9.17, 15) is 0 Å². The summed E-state index contributed by atoms with van der Waals surface area (Å²) in [6.45, 7) is 15.5. The molecule has 2 heteroatoms. The highest BCUT2D eigenvalue weighted by Gasteiger charge is 2.22. The quantitative estimate of drug-likeness (QED) is 0.765. The maximum absolute atomic E-state index is 4.57. The van der Waals surface area contributed by atoms with E-state index < -0.39 is 0 Å². The number of hydrogen-bond acceptors (Lipinski definition) is 2. The smallest absolute Gasteiger partial charge is 0.0406 e. The highest BCUT2D eigenvalue weighted by molar-refractivity contribution is 5.28. The molecule has 2 rings (SSSR count). The Balaban J connectivity index is 2.16. The van der Waals surface area contributed by atoms with Crippen molar-refractivity contribution < 1.29 is 0 Å². The van der Waals surface area contributed by atoms with E-state index in [1.165, 1.54) is 16.8 Å². The van der Waals surface area contributed by atoms with Crippen LogP contribution >= 0.6 is 0 Å². The van der Waals surface area contributed by atoms with Gasteiger partial charge in [-0.1, -0.05) is 34.6 Å². The van der Waals surface area contributed by atoms with E-state index in [0.29, 0.717) is 0 Å². The van der Waals surface area contributed by atoms with Gasteiger partial charge in [0.2, 0.25) is 0 Å². The van der Waals surface area contributed by atoms with Gasteiger partial charge in [-0.3, -0.25) is 9.97 Å². The van der Waals surface area contributed by atoms with Crippen molar-refractivity contribution in [1.82, 2.24) is 9.97 Å². The van der Waals surface area contributed by atoms with E-state index >= 15 is 0 Å². The van der Waals surface area contributed by atoms with E-state index in [0.717, 1.165) is 24.2 Å². The third kappa shape index (κ3) is 4.63. The summed E-state index contributed by atoms with van der Waals surface area (Å²) in [6, 6.07) is 8.82. The minimum atomic E-state index is 0.123. The summed E-state index contributed by atoms with van der Waals surface area (Å²) in [7, 11) is 0. The fourth-order valence-corrected chi connectivity index (χ4v) is 2.89. The maximum Gasteiger partial charge on any atom is 0.0406 e. The van der Waals surface area contributed by atoms with Crippen molar-refractivity contribution in [3.05, 3.63) is 58.7 Å². The van der Waals surface area contributed by atoms with Crippen molar-refractivity contribution in [3.8, 4) is 0 Å². The molecule has 0 atom stereocenters. The molecule has 2 aromatic rings. The highest BCUT2D eigenvalue weighted by atomic mass is 14.7. The van der Waals surface area contributed by atoms with Gasteiger partial charge in [-0.05, 0) is 72.9 Å². The average molecular weight is 310 g/mol. The highest BCUT2D eigenvalue weighted by Crippen LogP contribution is 2.30. The van der Waals surface area contributed by atoms with Gasteiger partial charge in [0.15, 0.2) is 0 Å². The van der Waals surface area contributed by atoms with Gasteiger partial charge in [0, 0.05) is 23.3 Å². The molecule has 2 aromatic heterocycles. The van der Waals surface area contributed by atoms with Gasteiger partial charge in [0.1, 0.15) is 0 Å². The molecule has 23 heavy (non-hydrogen) atoms. The first-order chi connectivity index (χ1) is 10.6. The summed E-state index contributed by atoms with van der Waals surface area (Å²) in [5.41, 5.74) is 6.41. The van der Waals surface area contributed by atoms with Crippen LogP contribution < -0.4 is 0 Å². The standard InChI is InChI=1S/C21H30N2/c1-15-12-18(13-16(2)23-15)21(6,7)10-8-19-14-17(9-11-22-19)20(3,4)5/h9,11-14H,8,10H2,1-7H3. The van der Waals surface area contributed by atoms with Crippen LogP contribution in [0.25, 0.3) is 0 Å². The largest absolute Gasteiger partial charge is 0.261 e. The first-order valence-electron chi connectivity index (χ1n) is 8.49. The molecule has 2 heterocycles. The molecule has 124 valence electrons. The van der Waals surface area contributed by atoms with Crippen LogP contribution in [-0.4, -0.2) is 9.97 Å². The summed E-state index contributed by atoms with van der Waals surface area (Å²) in [4.78, 5) is 9.06. The Morgan fingerprint density at radius 2 is 1.48 bits per heavy atom. The average Bonchev–Trinajstić information content (AvgIpc) is 2.44. The molecular formula is C21H30N2. The molecule has 0 saturated heterocycles. The Labute approximate surface area is 141 Å². The maximum atomic E-state index is 4.57. The minimum absolute atomic E-state index is 0.123. The van der Waals surface area contributed by atoms with Crippen LogP contribution in [0.1, 0.15) is 69.2 Å². The number of nitrogens with zero attached hydrogens (tertiary/aromatic N) is 2. The summed E-state index contributed by atoms with van der Waals surface area (Å²) in [6.07, 6.45) is 4.03. The second-order valence-corrected chi connectivity index (χ2v) is 8.31. The molecule has 0 N–H and O–H groups in total. The lowest BCUT2D eigenvalue weighted by Crippen LogP contribution is -2.19. The van der Waals surface area contributed by atoms with Crippen LogP contribution in [0, 0.1) is 13.8 Å². The number of hydrogen-bond donors (Lipinski definition) is 0. The molecule has 0 unspecified atom stereocenters. The molecule has 0 aliphatic heterocycles. The van der Waals surface area contributed by atoms with Crippen molar-refractivity contribution in [3.63, 3.8) is 0 Å². The predicted molar refractivity (Wildman–Crippen MR) is 98.0 cm³/mol. The van der Waals surface area contributed by atoms with E-state index in [4.69, 9.17) is 0 Å². The number of pyridine rings is 2. The minimum Gasteiger partial charge on any atom is -0.261 e. The van der Waals surface area contributed by atoms with E-state index in [-0.39, 0.29) is 10.8 Å². The van der Waals surface area contributed by atoms with Crippen LogP contribution in [0.4, 0.5) is 0 Å². The van der Waals surface area contributed by atoms with Gasteiger partial charge in [-0.15, -0.1) is 0 Å². The number of rotatable bonds is 4. The second-order valence-electron chi connectivity index (χ2n) is 8.31. The molecule has 0 bridgehead atoms. The fraction of sp³-hybridized carbons (Fsp3) is 0.524. The Morgan fingerprint density at radius 1 is 0.870 bits per heavy atom. The first-order valence-corrected chi connectivity index (χ1v) is 8.49. The Bertz CT molecular complexity index is 658. The second kappa shape index (κ2) is 6.43. The van der Waals surface area contributed by atoms with Gasteiger partial charge in [-0.2, -0.15) is 0 Å². The molecule has 0 amide bonds. The lowest BCUT2D eigenvalue weighted by atomic mass is 9.79. The van der Waals surface area contributed by atoms with Gasteiger partial charge < -0.3 is 0 Å². The van der Waals surface area contributed by atoms with Crippen LogP contribution in [0.2, 0.25) is 0 Å². The zero-order valence-corrected chi connectivity index (χ0v) is 15.7. The van der Waals surface area contributed by atoms with Crippen molar-refractivity contribution in [2.45, 2.75) is 72.1 Å². The molecule has 0 aliphatic rings. The third-order valence-corrected chi connectivity index (χ3v) is 4.55. The molecule has 2 nitrogen and oxygen atoms in total. The van der Waals surface area contributed by atoms with Crippen LogP contribution in [-0.2, 0) is 17.3 Å². The first kappa shape index (κ1) is 17.7. The lowest BCUT2D eigenvalue weighted by molar-refractivity contribution is 0.475.